The highest BCUT2D eigenvalue weighted by Gasteiger charge is 2.10. The zero-order valence-corrected chi connectivity index (χ0v) is 13.1. The van der Waals surface area contributed by atoms with Crippen molar-refractivity contribution < 1.29 is 14.0 Å². The maximum atomic E-state index is 12.6. The molecule has 2 aromatic rings. The monoisotopic (exact) mass is 302 g/mol. The van der Waals surface area contributed by atoms with Gasteiger partial charge in [-0.3, -0.25) is 19.6 Å². The molecule has 0 saturated carbocycles. The van der Waals surface area contributed by atoms with Crippen LogP contribution in [-0.4, -0.2) is 21.5 Å². The molecule has 5 heteroatoms. The van der Waals surface area contributed by atoms with Gasteiger partial charge in [0, 0.05) is 24.2 Å². The molecule has 0 aliphatic heterocycles. The number of ketones is 2. The van der Waals surface area contributed by atoms with E-state index in [2.05, 4.69) is 9.97 Å². The summed E-state index contributed by atoms with van der Waals surface area (Å²) in [5.41, 5.74) is 1.68. The van der Waals surface area contributed by atoms with Gasteiger partial charge in [-0.15, -0.1) is 0 Å². The third kappa shape index (κ3) is 4.84. The van der Waals surface area contributed by atoms with Crippen LogP contribution >= 0.6 is 0 Å². The van der Waals surface area contributed by atoms with Crippen LogP contribution in [0, 0.1) is 5.82 Å². The van der Waals surface area contributed by atoms with E-state index in [4.69, 9.17) is 0 Å². The molecular formula is C17H19FN2O2. The lowest BCUT2D eigenvalue weighted by Gasteiger charge is -2.07. The third-order valence-corrected chi connectivity index (χ3v) is 2.91. The number of rotatable bonds is 3. The minimum atomic E-state index is -0.512. The summed E-state index contributed by atoms with van der Waals surface area (Å²) < 4.78 is 12.6. The summed E-state index contributed by atoms with van der Waals surface area (Å²) in [4.78, 5) is 29.5. The van der Waals surface area contributed by atoms with Crippen molar-refractivity contribution in [3.63, 3.8) is 0 Å². The van der Waals surface area contributed by atoms with Crippen molar-refractivity contribution in [2.75, 3.05) is 0 Å². The van der Waals surface area contributed by atoms with Gasteiger partial charge >= 0.3 is 0 Å². The topological polar surface area (TPSA) is 59.9 Å². The Balaban J connectivity index is 0.000000224. The van der Waals surface area contributed by atoms with Gasteiger partial charge in [-0.2, -0.15) is 0 Å². The predicted octanol–water partition coefficient (Wildman–Crippen LogP) is 3.83. The number of hydrogen-bond donors (Lipinski definition) is 0. The van der Waals surface area contributed by atoms with Crippen LogP contribution in [0.15, 0.2) is 36.8 Å². The molecule has 0 N–H and O–H groups in total. The summed E-state index contributed by atoms with van der Waals surface area (Å²) in [6.45, 7) is 6.95. The Bertz CT molecular complexity index is 669. The summed E-state index contributed by atoms with van der Waals surface area (Å²) in [5.74, 6) is -0.412. The zero-order valence-electron chi connectivity index (χ0n) is 13.1. The average Bonchev–Trinajstić information content (AvgIpc) is 2.48. The molecule has 4 nitrogen and oxygen atoms in total. The van der Waals surface area contributed by atoms with Crippen LogP contribution in [0.4, 0.5) is 4.39 Å². The molecule has 0 spiro atoms. The van der Waals surface area contributed by atoms with E-state index >= 15 is 0 Å². The molecule has 22 heavy (non-hydrogen) atoms. The SMILES string of the molecule is CC(=O)c1cccnc1C(C)C.CC(=O)c1cnccc1F. The normalized spacial score (nSPS) is 9.91. The van der Waals surface area contributed by atoms with Crippen molar-refractivity contribution in [1.29, 1.82) is 0 Å². The van der Waals surface area contributed by atoms with E-state index in [0.29, 0.717) is 5.92 Å². The van der Waals surface area contributed by atoms with Crippen LogP contribution in [0.5, 0.6) is 0 Å². The minimum Gasteiger partial charge on any atom is -0.294 e. The molecule has 0 amide bonds. The van der Waals surface area contributed by atoms with E-state index in [1.165, 1.54) is 19.3 Å². The Morgan fingerprint density at radius 3 is 2.09 bits per heavy atom. The van der Waals surface area contributed by atoms with E-state index < -0.39 is 5.82 Å². The number of pyridine rings is 2. The van der Waals surface area contributed by atoms with E-state index in [1.54, 1.807) is 19.2 Å². The molecular weight excluding hydrogens is 283 g/mol. The fourth-order valence-corrected chi connectivity index (χ4v) is 1.81. The fraction of sp³-hybridized carbons (Fsp3) is 0.294. The van der Waals surface area contributed by atoms with Crippen LogP contribution in [0.3, 0.4) is 0 Å². The van der Waals surface area contributed by atoms with Crippen LogP contribution in [-0.2, 0) is 0 Å². The van der Waals surface area contributed by atoms with Crippen molar-refractivity contribution in [2.45, 2.75) is 33.6 Å². The lowest BCUT2D eigenvalue weighted by Crippen LogP contribution is -2.03. The van der Waals surface area contributed by atoms with Gasteiger partial charge < -0.3 is 0 Å². The molecule has 0 unspecified atom stereocenters. The smallest absolute Gasteiger partial charge is 0.164 e. The second-order valence-corrected chi connectivity index (χ2v) is 5.06. The van der Waals surface area contributed by atoms with Gasteiger partial charge in [0.2, 0.25) is 0 Å². The first kappa shape index (κ1) is 17.6. The molecule has 0 aliphatic rings. The molecule has 0 fully saturated rings. The van der Waals surface area contributed by atoms with Gasteiger partial charge in [-0.05, 0) is 38.0 Å². The Kier molecular flexibility index (Phi) is 6.50. The number of hydrogen-bond acceptors (Lipinski definition) is 4. The molecule has 0 radical (unpaired) electrons. The molecule has 0 aliphatic carbocycles. The van der Waals surface area contributed by atoms with Gasteiger partial charge in [-0.25, -0.2) is 4.39 Å². The largest absolute Gasteiger partial charge is 0.294 e. The lowest BCUT2D eigenvalue weighted by molar-refractivity contribution is 0.100. The van der Waals surface area contributed by atoms with Crippen molar-refractivity contribution in [2.24, 2.45) is 0 Å². The van der Waals surface area contributed by atoms with E-state index in [0.717, 1.165) is 17.3 Å². The van der Waals surface area contributed by atoms with E-state index in [1.807, 2.05) is 19.9 Å². The summed E-state index contributed by atoms with van der Waals surface area (Å²) >= 11 is 0. The number of halogens is 1. The number of carbonyl (C=O) groups is 2. The van der Waals surface area contributed by atoms with Crippen molar-refractivity contribution in [3.8, 4) is 0 Å². The average molecular weight is 302 g/mol. The van der Waals surface area contributed by atoms with Crippen molar-refractivity contribution >= 4 is 11.6 Å². The fourth-order valence-electron chi connectivity index (χ4n) is 1.81. The molecule has 2 aromatic heterocycles. The first-order valence-corrected chi connectivity index (χ1v) is 6.90. The minimum absolute atomic E-state index is 0.0440. The maximum absolute atomic E-state index is 12.6. The highest BCUT2D eigenvalue weighted by Crippen LogP contribution is 2.16. The van der Waals surface area contributed by atoms with Crippen LogP contribution in [0.2, 0.25) is 0 Å². The standard InChI is InChI=1S/C10H13NO.C7H6FNO/c1-7(2)10-9(8(3)12)5-4-6-11-10;1-5(10)6-4-9-3-2-7(6)8/h4-7H,1-3H3;2-4H,1H3. The lowest BCUT2D eigenvalue weighted by atomic mass is 10.0. The number of aromatic nitrogens is 2. The highest BCUT2D eigenvalue weighted by molar-refractivity contribution is 5.95. The summed E-state index contributed by atoms with van der Waals surface area (Å²) in [6.07, 6.45) is 4.25. The zero-order chi connectivity index (χ0) is 16.7. The van der Waals surface area contributed by atoms with Gasteiger partial charge in [0.05, 0.1) is 11.3 Å². The second kappa shape index (κ2) is 8.12. The molecule has 0 atom stereocenters. The summed E-state index contributed by atoms with van der Waals surface area (Å²) in [6, 6.07) is 4.78. The Morgan fingerprint density at radius 1 is 1.05 bits per heavy atom. The summed E-state index contributed by atoms with van der Waals surface area (Å²) in [5, 5.41) is 0. The Morgan fingerprint density at radius 2 is 1.68 bits per heavy atom. The predicted molar refractivity (Wildman–Crippen MR) is 82.5 cm³/mol. The van der Waals surface area contributed by atoms with Crippen LogP contribution < -0.4 is 0 Å². The number of nitrogens with zero attached hydrogens (tertiary/aromatic N) is 2. The van der Waals surface area contributed by atoms with Gasteiger partial charge in [0.25, 0.3) is 0 Å². The molecule has 116 valence electrons. The van der Waals surface area contributed by atoms with Crippen molar-refractivity contribution in [1.82, 2.24) is 9.97 Å². The molecule has 0 aromatic carbocycles. The molecule has 2 heterocycles. The number of carbonyl (C=O) groups excluding carboxylic acids is 2. The number of Topliss-reactive ketones (excluding diaryl/α,β-unsaturated/α-hetero) is 2. The van der Waals surface area contributed by atoms with Gasteiger partial charge in [-0.1, -0.05) is 13.8 Å². The molecule has 2 rings (SSSR count). The molecule has 0 saturated heterocycles. The van der Waals surface area contributed by atoms with E-state index in [-0.39, 0.29) is 17.1 Å². The Labute approximate surface area is 129 Å². The highest BCUT2D eigenvalue weighted by atomic mass is 19.1. The quantitative estimate of drug-likeness (QED) is 0.808. The molecule has 0 bridgehead atoms. The Hall–Kier alpha value is -2.43. The van der Waals surface area contributed by atoms with Crippen LogP contribution in [0.1, 0.15) is 60.0 Å². The first-order valence-electron chi connectivity index (χ1n) is 6.90. The van der Waals surface area contributed by atoms with Crippen molar-refractivity contribution in [3.05, 3.63) is 59.4 Å². The second-order valence-electron chi connectivity index (χ2n) is 5.06. The summed E-state index contributed by atoms with van der Waals surface area (Å²) in [7, 11) is 0. The van der Waals surface area contributed by atoms with Crippen LogP contribution in [0.25, 0.3) is 0 Å². The van der Waals surface area contributed by atoms with Gasteiger partial charge in [0.15, 0.2) is 11.6 Å². The van der Waals surface area contributed by atoms with E-state index in [9.17, 15) is 14.0 Å². The first-order chi connectivity index (χ1) is 10.3. The third-order valence-electron chi connectivity index (χ3n) is 2.91. The maximum Gasteiger partial charge on any atom is 0.164 e. The van der Waals surface area contributed by atoms with Gasteiger partial charge in [0.1, 0.15) is 5.82 Å².